The van der Waals surface area contributed by atoms with Crippen LogP contribution in [0.15, 0.2) is 30.3 Å². The molecule has 1 aliphatic heterocycles. The molecule has 5 nitrogen and oxygen atoms in total. The van der Waals surface area contributed by atoms with Gasteiger partial charge in [-0.3, -0.25) is 4.90 Å². The number of aliphatic hydroxyl groups excluding tert-OH is 1. The smallest absolute Gasteiger partial charge is 0.410 e. The molecule has 0 bridgehead atoms. The van der Waals surface area contributed by atoms with Crippen molar-refractivity contribution in [1.82, 2.24) is 4.90 Å². The molecular formula is C15H21NO4. The molecule has 0 radical (unpaired) electrons. The molecule has 20 heavy (non-hydrogen) atoms. The summed E-state index contributed by atoms with van der Waals surface area (Å²) in [6.07, 6.45) is -0.413. The van der Waals surface area contributed by atoms with Crippen molar-refractivity contribution in [3.05, 3.63) is 35.9 Å². The standard InChI is InChI=1S/C15H21NO4/c1-15(2)11-16(13(8-17)10-20-15)14(18)19-9-12-6-4-3-5-7-12/h3-7,13,17H,8-11H2,1-2H3/t13-/m0/s1. The SMILES string of the molecule is CC1(C)CN(C(=O)OCc2ccccc2)[C@@H](CO)CO1. The second kappa shape index (κ2) is 6.24. The Morgan fingerprint density at radius 3 is 2.80 bits per heavy atom. The van der Waals surface area contributed by atoms with Gasteiger partial charge in [-0.1, -0.05) is 30.3 Å². The topological polar surface area (TPSA) is 59.0 Å². The van der Waals surface area contributed by atoms with Crippen LogP contribution in [0.25, 0.3) is 0 Å². The van der Waals surface area contributed by atoms with E-state index in [0.29, 0.717) is 13.2 Å². The Kier molecular flexibility index (Phi) is 4.62. The lowest BCUT2D eigenvalue weighted by Gasteiger charge is -2.42. The summed E-state index contributed by atoms with van der Waals surface area (Å²) < 4.78 is 10.9. The lowest BCUT2D eigenvalue weighted by atomic mass is 10.1. The van der Waals surface area contributed by atoms with E-state index < -0.39 is 11.7 Å². The number of rotatable bonds is 3. The zero-order valence-corrected chi connectivity index (χ0v) is 11.9. The van der Waals surface area contributed by atoms with Crippen molar-refractivity contribution >= 4 is 6.09 Å². The molecule has 1 aromatic carbocycles. The van der Waals surface area contributed by atoms with Crippen LogP contribution in [0, 0.1) is 0 Å². The van der Waals surface area contributed by atoms with Gasteiger partial charge in [0.15, 0.2) is 0 Å². The molecule has 1 aliphatic rings. The maximum atomic E-state index is 12.2. The van der Waals surface area contributed by atoms with Gasteiger partial charge >= 0.3 is 6.09 Å². The minimum atomic E-state index is -0.419. The number of carbonyl (C=O) groups excluding carboxylic acids is 1. The van der Waals surface area contributed by atoms with E-state index in [4.69, 9.17) is 9.47 Å². The van der Waals surface area contributed by atoms with Crippen LogP contribution >= 0.6 is 0 Å². The van der Waals surface area contributed by atoms with Crippen molar-refractivity contribution in [2.75, 3.05) is 19.8 Å². The van der Waals surface area contributed by atoms with Crippen LogP contribution in [0.4, 0.5) is 4.79 Å². The van der Waals surface area contributed by atoms with Crippen LogP contribution in [-0.2, 0) is 16.1 Å². The molecule has 1 fully saturated rings. The molecule has 1 atom stereocenters. The number of morpholine rings is 1. The highest BCUT2D eigenvalue weighted by Gasteiger charge is 2.37. The van der Waals surface area contributed by atoms with E-state index in [1.54, 1.807) is 4.90 Å². The van der Waals surface area contributed by atoms with Crippen LogP contribution in [0.1, 0.15) is 19.4 Å². The molecule has 5 heteroatoms. The van der Waals surface area contributed by atoms with Gasteiger partial charge in [0.25, 0.3) is 0 Å². The molecule has 0 aromatic heterocycles. The minimum Gasteiger partial charge on any atom is -0.445 e. The van der Waals surface area contributed by atoms with E-state index in [2.05, 4.69) is 0 Å². The van der Waals surface area contributed by atoms with E-state index in [9.17, 15) is 9.90 Å². The van der Waals surface area contributed by atoms with Crippen LogP contribution in [0.3, 0.4) is 0 Å². The second-order valence-electron chi connectivity index (χ2n) is 5.58. The average Bonchev–Trinajstić information content (AvgIpc) is 2.45. The number of amides is 1. The fraction of sp³-hybridized carbons (Fsp3) is 0.533. The lowest BCUT2D eigenvalue weighted by molar-refractivity contribution is -0.116. The minimum absolute atomic E-state index is 0.128. The molecule has 0 aliphatic carbocycles. The number of hydrogen-bond donors (Lipinski definition) is 1. The van der Waals surface area contributed by atoms with E-state index in [-0.39, 0.29) is 19.3 Å². The van der Waals surface area contributed by atoms with Gasteiger partial charge < -0.3 is 14.6 Å². The van der Waals surface area contributed by atoms with E-state index in [1.165, 1.54) is 0 Å². The summed E-state index contributed by atoms with van der Waals surface area (Å²) in [5.41, 5.74) is 0.520. The van der Waals surface area contributed by atoms with Gasteiger partial charge in [0.2, 0.25) is 0 Å². The first-order chi connectivity index (χ1) is 9.52. The number of ether oxygens (including phenoxy) is 2. The van der Waals surface area contributed by atoms with Gasteiger partial charge in [0.1, 0.15) is 6.61 Å². The van der Waals surface area contributed by atoms with E-state index in [1.807, 2.05) is 44.2 Å². The average molecular weight is 279 g/mol. The van der Waals surface area contributed by atoms with Gasteiger partial charge in [-0.05, 0) is 19.4 Å². The fourth-order valence-electron chi connectivity index (χ4n) is 2.16. The van der Waals surface area contributed by atoms with Crippen molar-refractivity contribution < 1.29 is 19.4 Å². The molecule has 0 saturated carbocycles. The molecule has 1 N–H and O–H groups in total. The largest absolute Gasteiger partial charge is 0.445 e. The predicted octanol–water partition coefficient (Wildman–Crippen LogP) is 1.79. The van der Waals surface area contributed by atoms with Crippen LogP contribution in [0.2, 0.25) is 0 Å². The van der Waals surface area contributed by atoms with E-state index in [0.717, 1.165) is 5.56 Å². The van der Waals surface area contributed by atoms with Crippen molar-refractivity contribution in [1.29, 1.82) is 0 Å². The van der Waals surface area contributed by atoms with Crippen LogP contribution in [-0.4, -0.2) is 47.5 Å². The maximum Gasteiger partial charge on any atom is 0.410 e. The second-order valence-corrected chi connectivity index (χ2v) is 5.58. The van der Waals surface area contributed by atoms with Gasteiger partial charge in [-0.2, -0.15) is 0 Å². The first-order valence-electron chi connectivity index (χ1n) is 6.74. The summed E-state index contributed by atoms with van der Waals surface area (Å²) in [6.45, 7) is 4.66. The zero-order chi connectivity index (χ0) is 14.6. The summed E-state index contributed by atoms with van der Waals surface area (Å²) in [7, 11) is 0. The predicted molar refractivity (Wildman–Crippen MR) is 74.2 cm³/mol. The number of nitrogens with zero attached hydrogens (tertiary/aromatic N) is 1. The quantitative estimate of drug-likeness (QED) is 0.916. The Labute approximate surface area is 119 Å². The Hall–Kier alpha value is -1.59. The maximum absolute atomic E-state index is 12.2. The molecule has 1 saturated heterocycles. The van der Waals surface area contributed by atoms with Gasteiger partial charge in [0.05, 0.1) is 31.4 Å². The normalized spacial score (nSPS) is 21.6. The number of aliphatic hydroxyl groups is 1. The van der Waals surface area contributed by atoms with Crippen molar-refractivity contribution in [2.24, 2.45) is 0 Å². The third kappa shape index (κ3) is 3.71. The Bertz CT molecular complexity index is 446. The lowest BCUT2D eigenvalue weighted by Crippen LogP contribution is -2.57. The highest BCUT2D eigenvalue weighted by molar-refractivity contribution is 5.68. The molecule has 1 aromatic rings. The Morgan fingerprint density at radius 2 is 2.15 bits per heavy atom. The van der Waals surface area contributed by atoms with E-state index >= 15 is 0 Å². The molecule has 1 amide bonds. The third-order valence-corrected chi connectivity index (χ3v) is 3.31. The third-order valence-electron chi connectivity index (χ3n) is 3.31. The molecule has 110 valence electrons. The van der Waals surface area contributed by atoms with Gasteiger partial charge in [-0.15, -0.1) is 0 Å². The summed E-state index contributed by atoms with van der Waals surface area (Å²) in [5.74, 6) is 0. The van der Waals surface area contributed by atoms with Crippen LogP contribution < -0.4 is 0 Å². The fourth-order valence-corrected chi connectivity index (χ4v) is 2.16. The summed E-state index contributed by atoms with van der Waals surface area (Å²) in [4.78, 5) is 13.7. The van der Waals surface area contributed by atoms with Crippen molar-refractivity contribution in [2.45, 2.75) is 32.1 Å². The van der Waals surface area contributed by atoms with Gasteiger partial charge in [-0.25, -0.2) is 4.79 Å². The zero-order valence-electron chi connectivity index (χ0n) is 11.9. The highest BCUT2D eigenvalue weighted by atomic mass is 16.6. The highest BCUT2D eigenvalue weighted by Crippen LogP contribution is 2.21. The monoisotopic (exact) mass is 279 g/mol. The summed E-state index contributed by atoms with van der Waals surface area (Å²) in [5, 5.41) is 9.34. The number of carbonyl (C=O) groups is 1. The van der Waals surface area contributed by atoms with Crippen molar-refractivity contribution in [3.63, 3.8) is 0 Å². The molecule has 0 unspecified atom stereocenters. The summed E-state index contributed by atoms with van der Waals surface area (Å²) in [6, 6.07) is 9.18. The first-order valence-corrected chi connectivity index (χ1v) is 6.74. The molecular weight excluding hydrogens is 258 g/mol. The van der Waals surface area contributed by atoms with Crippen molar-refractivity contribution in [3.8, 4) is 0 Å². The molecule has 0 spiro atoms. The Balaban J connectivity index is 1.95. The summed E-state index contributed by atoms with van der Waals surface area (Å²) >= 11 is 0. The first kappa shape index (κ1) is 14.8. The molecule has 2 rings (SSSR count). The van der Waals surface area contributed by atoms with Gasteiger partial charge in [0, 0.05) is 0 Å². The number of hydrogen-bond acceptors (Lipinski definition) is 4. The number of benzene rings is 1. The molecule has 1 heterocycles. The Morgan fingerprint density at radius 1 is 1.45 bits per heavy atom. The van der Waals surface area contributed by atoms with Crippen LogP contribution in [0.5, 0.6) is 0 Å².